The number of aryl methyl sites for hydroxylation is 1. The summed E-state index contributed by atoms with van der Waals surface area (Å²) < 4.78 is 5.30. The van der Waals surface area contributed by atoms with E-state index in [2.05, 4.69) is 20.7 Å². The van der Waals surface area contributed by atoms with E-state index in [0.29, 0.717) is 23.6 Å². The van der Waals surface area contributed by atoms with Gasteiger partial charge in [0.25, 0.3) is 5.91 Å². The number of aromatic nitrogens is 2. The highest BCUT2D eigenvalue weighted by molar-refractivity contribution is 5.94. The van der Waals surface area contributed by atoms with E-state index >= 15 is 0 Å². The summed E-state index contributed by atoms with van der Waals surface area (Å²) in [5.41, 5.74) is 5.62. The van der Waals surface area contributed by atoms with Crippen molar-refractivity contribution in [3.8, 4) is 11.5 Å². The Morgan fingerprint density at radius 2 is 2.39 bits per heavy atom. The molecule has 0 fully saturated rings. The van der Waals surface area contributed by atoms with Gasteiger partial charge in [-0.1, -0.05) is 0 Å². The minimum absolute atomic E-state index is 0.0696. The number of H-pyrrole nitrogens is 1. The van der Waals surface area contributed by atoms with Crippen molar-refractivity contribution < 1.29 is 14.6 Å². The van der Waals surface area contributed by atoms with Crippen molar-refractivity contribution in [2.45, 2.75) is 26.2 Å². The molecule has 1 aliphatic rings. The molecule has 1 amide bonds. The molecule has 0 bridgehead atoms. The van der Waals surface area contributed by atoms with Gasteiger partial charge in [-0.25, -0.2) is 5.43 Å². The minimum Gasteiger partial charge on any atom is -0.504 e. The fourth-order valence-corrected chi connectivity index (χ4v) is 2.61. The number of nitrogens with zero attached hydrogens (tertiary/aromatic N) is 2. The summed E-state index contributed by atoms with van der Waals surface area (Å²) in [5.74, 6) is 0.123. The Hall–Kier alpha value is -2.83. The summed E-state index contributed by atoms with van der Waals surface area (Å²) in [6.07, 6.45) is 4.34. The number of aromatic hydroxyl groups is 1. The second-order valence-corrected chi connectivity index (χ2v) is 5.24. The predicted octanol–water partition coefficient (Wildman–Crippen LogP) is 1.77. The van der Waals surface area contributed by atoms with Crippen LogP contribution >= 0.6 is 0 Å². The van der Waals surface area contributed by atoms with Crippen LogP contribution in [-0.4, -0.2) is 34.0 Å². The van der Waals surface area contributed by atoms with Gasteiger partial charge in [0, 0.05) is 11.3 Å². The largest absolute Gasteiger partial charge is 0.504 e. The van der Waals surface area contributed by atoms with Crippen LogP contribution < -0.4 is 10.2 Å². The van der Waals surface area contributed by atoms with Gasteiger partial charge in [-0.05, 0) is 49.9 Å². The third-order valence-corrected chi connectivity index (χ3v) is 3.68. The van der Waals surface area contributed by atoms with Crippen molar-refractivity contribution in [1.82, 2.24) is 15.6 Å². The van der Waals surface area contributed by atoms with Crippen LogP contribution in [-0.2, 0) is 12.8 Å². The number of carbonyl (C=O) groups is 1. The topological polar surface area (TPSA) is 99.6 Å². The lowest BCUT2D eigenvalue weighted by molar-refractivity contribution is 0.0949. The van der Waals surface area contributed by atoms with E-state index in [4.69, 9.17) is 4.74 Å². The van der Waals surface area contributed by atoms with Crippen LogP contribution in [0.15, 0.2) is 23.3 Å². The third kappa shape index (κ3) is 3.18. The smallest absolute Gasteiger partial charge is 0.292 e. The number of phenolic OH excluding ortho intramolecular Hbond substituents is 1. The predicted molar refractivity (Wildman–Crippen MR) is 84.9 cm³/mol. The fourth-order valence-electron chi connectivity index (χ4n) is 2.61. The van der Waals surface area contributed by atoms with Gasteiger partial charge in [0.1, 0.15) is 0 Å². The number of fused-ring (bicyclic) bond motifs is 1. The Morgan fingerprint density at radius 1 is 1.52 bits per heavy atom. The first-order chi connectivity index (χ1) is 11.2. The molecule has 0 unspecified atom stereocenters. The van der Waals surface area contributed by atoms with Crippen molar-refractivity contribution in [3.63, 3.8) is 0 Å². The second kappa shape index (κ2) is 6.51. The first-order valence-corrected chi connectivity index (χ1v) is 7.54. The van der Waals surface area contributed by atoms with Crippen LogP contribution in [0.4, 0.5) is 0 Å². The molecule has 3 N–H and O–H groups in total. The van der Waals surface area contributed by atoms with E-state index < -0.39 is 0 Å². The molecule has 0 atom stereocenters. The van der Waals surface area contributed by atoms with Gasteiger partial charge >= 0.3 is 0 Å². The molecule has 1 aromatic carbocycles. The number of amides is 1. The van der Waals surface area contributed by atoms with E-state index in [-0.39, 0.29) is 11.7 Å². The number of carbonyl (C=O) groups excluding carboxylic acids is 1. The highest BCUT2D eigenvalue weighted by Gasteiger charge is 2.22. The number of rotatable bonds is 5. The molecule has 0 saturated heterocycles. The zero-order chi connectivity index (χ0) is 16.2. The Kier molecular flexibility index (Phi) is 4.27. The van der Waals surface area contributed by atoms with E-state index in [1.54, 1.807) is 12.1 Å². The van der Waals surface area contributed by atoms with Crippen LogP contribution in [0.5, 0.6) is 11.5 Å². The molecule has 1 aliphatic carbocycles. The summed E-state index contributed by atoms with van der Waals surface area (Å²) in [6.45, 7) is 2.29. The second-order valence-electron chi connectivity index (χ2n) is 5.24. The number of ether oxygens (including phenoxy) is 1. The van der Waals surface area contributed by atoms with Gasteiger partial charge in [0.15, 0.2) is 17.2 Å². The number of hydrogen-bond donors (Lipinski definition) is 3. The van der Waals surface area contributed by atoms with Crippen LogP contribution in [0.25, 0.3) is 0 Å². The molecule has 0 saturated carbocycles. The average molecular weight is 314 g/mol. The Bertz CT molecular complexity index is 752. The van der Waals surface area contributed by atoms with Crippen molar-refractivity contribution in [2.75, 3.05) is 6.61 Å². The Labute approximate surface area is 133 Å². The molecule has 0 aliphatic heterocycles. The molecule has 2 aromatic rings. The van der Waals surface area contributed by atoms with Crippen molar-refractivity contribution in [1.29, 1.82) is 0 Å². The lowest BCUT2D eigenvalue weighted by Gasteiger charge is -2.06. The quantitative estimate of drug-likeness (QED) is 0.578. The average Bonchev–Trinajstić information content (AvgIpc) is 3.13. The van der Waals surface area contributed by atoms with Gasteiger partial charge in [0.05, 0.1) is 12.8 Å². The summed E-state index contributed by atoms with van der Waals surface area (Å²) in [5, 5.41) is 20.5. The summed E-state index contributed by atoms with van der Waals surface area (Å²) >= 11 is 0. The van der Waals surface area contributed by atoms with E-state index in [0.717, 1.165) is 30.5 Å². The standard InChI is InChI=1S/C16H18N4O3/c1-2-23-14-8-10(6-7-13(14)21)9-17-20-16(22)15-11-4-3-5-12(11)18-19-15/h6-9,21H,2-5H2,1H3,(H,18,19)(H,20,22)/b17-9+. The van der Waals surface area contributed by atoms with Gasteiger partial charge in [0.2, 0.25) is 0 Å². The number of nitrogens with one attached hydrogen (secondary N) is 2. The molecule has 0 radical (unpaired) electrons. The summed E-state index contributed by atoms with van der Waals surface area (Å²) in [4.78, 5) is 12.1. The van der Waals surface area contributed by atoms with Gasteiger partial charge < -0.3 is 9.84 Å². The molecule has 1 aromatic heterocycles. The van der Waals surface area contributed by atoms with Crippen LogP contribution in [0.1, 0.15) is 40.7 Å². The normalized spacial score (nSPS) is 13.3. The van der Waals surface area contributed by atoms with Crippen LogP contribution in [0.2, 0.25) is 0 Å². The molecule has 7 nitrogen and oxygen atoms in total. The highest BCUT2D eigenvalue weighted by atomic mass is 16.5. The Balaban J connectivity index is 1.66. The SMILES string of the molecule is CCOc1cc(/C=N/NC(=O)c2n[nH]c3c2CCC3)ccc1O. The first-order valence-electron chi connectivity index (χ1n) is 7.54. The van der Waals surface area contributed by atoms with E-state index in [1.165, 1.54) is 12.3 Å². The number of hydrogen-bond acceptors (Lipinski definition) is 5. The number of benzene rings is 1. The maximum Gasteiger partial charge on any atom is 0.292 e. The fraction of sp³-hybridized carbons (Fsp3) is 0.312. The van der Waals surface area contributed by atoms with Crippen LogP contribution in [0, 0.1) is 0 Å². The maximum absolute atomic E-state index is 12.1. The molecular formula is C16H18N4O3. The number of aromatic amines is 1. The van der Waals surface area contributed by atoms with Crippen molar-refractivity contribution >= 4 is 12.1 Å². The van der Waals surface area contributed by atoms with Gasteiger partial charge in [-0.15, -0.1) is 0 Å². The number of hydrazone groups is 1. The number of phenols is 1. The molecular weight excluding hydrogens is 296 g/mol. The van der Waals surface area contributed by atoms with Crippen molar-refractivity contribution in [3.05, 3.63) is 40.7 Å². The molecule has 3 rings (SSSR count). The zero-order valence-electron chi connectivity index (χ0n) is 12.8. The summed E-state index contributed by atoms with van der Waals surface area (Å²) in [7, 11) is 0. The maximum atomic E-state index is 12.1. The molecule has 1 heterocycles. The molecule has 0 spiro atoms. The van der Waals surface area contributed by atoms with Gasteiger partial charge in [-0.3, -0.25) is 9.89 Å². The lowest BCUT2D eigenvalue weighted by atomic mass is 10.2. The summed E-state index contributed by atoms with van der Waals surface area (Å²) in [6, 6.07) is 4.86. The minimum atomic E-state index is -0.329. The van der Waals surface area contributed by atoms with E-state index in [1.807, 2.05) is 6.92 Å². The monoisotopic (exact) mass is 314 g/mol. The highest BCUT2D eigenvalue weighted by Crippen LogP contribution is 2.26. The lowest BCUT2D eigenvalue weighted by Crippen LogP contribution is -2.19. The Morgan fingerprint density at radius 3 is 3.22 bits per heavy atom. The zero-order valence-corrected chi connectivity index (χ0v) is 12.8. The third-order valence-electron chi connectivity index (χ3n) is 3.68. The van der Waals surface area contributed by atoms with E-state index in [9.17, 15) is 9.90 Å². The molecule has 7 heteroatoms. The first kappa shape index (κ1) is 15.1. The molecule has 120 valence electrons. The van der Waals surface area contributed by atoms with Crippen molar-refractivity contribution in [2.24, 2.45) is 5.10 Å². The van der Waals surface area contributed by atoms with Crippen LogP contribution in [0.3, 0.4) is 0 Å². The van der Waals surface area contributed by atoms with Gasteiger partial charge in [-0.2, -0.15) is 10.2 Å². The molecule has 23 heavy (non-hydrogen) atoms.